The molecule has 1 atom stereocenters. The van der Waals surface area contributed by atoms with Gasteiger partial charge in [-0.05, 0) is 32.0 Å². The number of likely N-dealkylation sites (tertiary alicyclic amines) is 1. The molecule has 6 nitrogen and oxygen atoms in total. The van der Waals surface area contributed by atoms with Crippen LogP contribution in [0.2, 0.25) is 0 Å². The first kappa shape index (κ1) is 16.6. The van der Waals surface area contributed by atoms with Crippen LogP contribution < -0.4 is 5.32 Å². The molecule has 0 saturated carbocycles. The molecule has 1 N–H and O–H groups in total. The number of likely N-dealkylation sites (N-methyl/N-ethyl adjacent to an activating group) is 1. The second kappa shape index (κ2) is 7.57. The monoisotopic (exact) mass is 328 g/mol. The predicted molar refractivity (Wildman–Crippen MR) is 91.2 cm³/mol. The normalized spacial score (nSPS) is 19.0. The molecule has 0 aliphatic carbocycles. The number of benzene rings is 1. The van der Waals surface area contributed by atoms with Crippen molar-refractivity contribution in [3.05, 3.63) is 35.7 Å². The topological polar surface area (TPSA) is 71.3 Å². The summed E-state index contributed by atoms with van der Waals surface area (Å²) >= 11 is 0. The standard InChI is InChI=1S/C18H24N4O2/c1-13-20-17(21-24-13)15-9-7-14(8-10-15)12-19-18(23)16-6-4-3-5-11-22(16)2/h7-10,16H,3-6,11-12H2,1-2H3,(H,19,23)/t16-/m1/s1. The summed E-state index contributed by atoms with van der Waals surface area (Å²) in [5, 5.41) is 6.97. The van der Waals surface area contributed by atoms with E-state index in [1.165, 1.54) is 12.8 Å². The van der Waals surface area contributed by atoms with E-state index in [2.05, 4.69) is 20.4 Å². The Kier molecular flexibility index (Phi) is 5.25. The predicted octanol–water partition coefficient (Wildman–Crippen LogP) is 2.54. The highest BCUT2D eigenvalue weighted by molar-refractivity contribution is 5.81. The van der Waals surface area contributed by atoms with Crippen molar-refractivity contribution in [3.63, 3.8) is 0 Å². The highest BCUT2D eigenvalue weighted by Crippen LogP contribution is 2.17. The molecule has 1 aliphatic rings. The summed E-state index contributed by atoms with van der Waals surface area (Å²) in [6.07, 6.45) is 4.46. The molecule has 1 aromatic heterocycles. The zero-order valence-electron chi connectivity index (χ0n) is 14.3. The zero-order chi connectivity index (χ0) is 16.9. The maximum Gasteiger partial charge on any atom is 0.237 e. The Morgan fingerprint density at radius 1 is 1.29 bits per heavy atom. The first-order valence-corrected chi connectivity index (χ1v) is 8.51. The van der Waals surface area contributed by atoms with E-state index in [4.69, 9.17) is 4.52 Å². The number of carbonyl (C=O) groups is 1. The van der Waals surface area contributed by atoms with Crippen LogP contribution >= 0.6 is 0 Å². The van der Waals surface area contributed by atoms with Gasteiger partial charge in [0, 0.05) is 19.0 Å². The molecule has 0 unspecified atom stereocenters. The van der Waals surface area contributed by atoms with Gasteiger partial charge in [-0.3, -0.25) is 9.69 Å². The van der Waals surface area contributed by atoms with Crippen molar-refractivity contribution < 1.29 is 9.32 Å². The second-order valence-electron chi connectivity index (χ2n) is 6.40. The Labute approximate surface area is 142 Å². The van der Waals surface area contributed by atoms with Gasteiger partial charge >= 0.3 is 0 Å². The first-order valence-electron chi connectivity index (χ1n) is 8.51. The molecule has 0 radical (unpaired) electrons. The van der Waals surface area contributed by atoms with Gasteiger partial charge in [-0.1, -0.05) is 42.3 Å². The molecule has 2 aromatic rings. The molecule has 128 valence electrons. The Bertz CT molecular complexity index is 681. The summed E-state index contributed by atoms with van der Waals surface area (Å²) in [5.41, 5.74) is 1.97. The van der Waals surface area contributed by atoms with Crippen LogP contribution in [0, 0.1) is 6.92 Å². The van der Waals surface area contributed by atoms with Crippen molar-refractivity contribution in [2.45, 2.75) is 45.2 Å². The van der Waals surface area contributed by atoms with Gasteiger partial charge in [0.05, 0.1) is 6.04 Å². The lowest BCUT2D eigenvalue weighted by Gasteiger charge is -2.24. The third-order valence-electron chi connectivity index (χ3n) is 4.53. The minimum atomic E-state index is -0.00548. The van der Waals surface area contributed by atoms with Gasteiger partial charge in [0.15, 0.2) is 0 Å². The number of aryl methyl sites for hydroxylation is 1. The molecule has 1 aromatic carbocycles. The molecule has 0 spiro atoms. The van der Waals surface area contributed by atoms with Crippen molar-refractivity contribution in [1.82, 2.24) is 20.4 Å². The number of amides is 1. The van der Waals surface area contributed by atoms with Crippen LogP contribution in [0.3, 0.4) is 0 Å². The van der Waals surface area contributed by atoms with Crippen LogP contribution in [-0.4, -0.2) is 40.6 Å². The van der Waals surface area contributed by atoms with Gasteiger partial charge in [0.25, 0.3) is 0 Å². The molecule has 3 rings (SSSR count). The maximum absolute atomic E-state index is 12.4. The average molecular weight is 328 g/mol. The van der Waals surface area contributed by atoms with E-state index < -0.39 is 0 Å². The van der Waals surface area contributed by atoms with E-state index in [9.17, 15) is 4.79 Å². The van der Waals surface area contributed by atoms with Gasteiger partial charge in [-0.25, -0.2) is 0 Å². The molecule has 1 fully saturated rings. The third-order valence-corrected chi connectivity index (χ3v) is 4.53. The van der Waals surface area contributed by atoms with Gasteiger partial charge in [-0.2, -0.15) is 4.98 Å². The van der Waals surface area contributed by atoms with E-state index in [1.54, 1.807) is 6.92 Å². The molecule has 1 aliphatic heterocycles. The Morgan fingerprint density at radius 3 is 2.79 bits per heavy atom. The summed E-state index contributed by atoms with van der Waals surface area (Å²) < 4.78 is 4.99. The number of nitrogens with one attached hydrogen (secondary N) is 1. The maximum atomic E-state index is 12.4. The zero-order valence-corrected chi connectivity index (χ0v) is 14.3. The number of aromatic nitrogens is 2. The Morgan fingerprint density at radius 2 is 2.08 bits per heavy atom. The highest BCUT2D eigenvalue weighted by Gasteiger charge is 2.24. The van der Waals surface area contributed by atoms with Gasteiger partial charge in [-0.15, -0.1) is 0 Å². The first-order chi connectivity index (χ1) is 11.6. The van der Waals surface area contributed by atoms with Crippen molar-refractivity contribution in [1.29, 1.82) is 0 Å². The Balaban J connectivity index is 1.57. The quantitative estimate of drug-likeness (QED) is 0.934. The van der Waals surface area contributed by atoms with Crippen LogP contribution in [0.4, 0.5) is 0 Å². The van der Waals surface area contributed by atoms with Crippen LogP contribution in [0.25, 0.3) is 11.4 Å². The van der Waals surface area contributed by atoms with Gasteiger partial charge in [0.2, 0.25) is 17.6 Å². The molecule has 6 heteroatoms. The van der Waals surface area contributed by atoms with Crippen LogP contribution in [-0.2, 0) is 11.3 Å². The lowest BCUT2D eigenvalue weighted by molar-refractivity contribution is -0.126. The van der Waals surface area contributed by atoms with Crippen LogP contribution in [0.1, 0.15) is 37.1 Å². The van der Waals surface area contributed by atoms with Crippen LogP contribution in [0.5, 0.6) is 0 Å². The van der Waals surface area contributed by atoms with Crippen molar-refractivity contribution in [3.8, 4) is 11.4 Å². The fourth-order valence-corrected chi connectivity index (χ4v) is 3.08. The third kappa shape index (κ3) is 4.00. The summed E-state index contributed by atoms with van der Waals surface area (Å²) in [6.45, 7) is 3.30. The largest absolute Gasteiger partial charge is 0.351 e. The summed E-state index contributed by atoms with van der Waals surface area (Å²) in [5.74, 6) is 1.26. The fourth-order valence-electron chi connectivity index (χ4n) is 3.08. The van der Waals surface area contributed by atoms with Gasteiger partial charge < -0.3 is 9.84 Å². The fraction of sp³-hybridized carbons (Fsp3) is 0.500. The molecule has 1 amide bonds. The van der Waals surface area contributed by atoms with E-state index in [1.807, 2.05) is 31.3 Å². The summed E-state index contributed by atoms with van der Waals surface area (Å²) in [6, 6.07) is 7.86. The number of hydrogen-bond acceptors (Lipinski definition) is 5. The lowest BCUT2D eigenvalue weighted by atomic mass is 10.1. The number of hydrogen-bond donors (Lipinski definition) is 1. The van der Waals surface area contributed by atoms with Gasteiger partial charge in [0.1, 0.15) is 0 Å². The number of carbonyl (C=O) groups excluding carboxylic acids is 1. The lowest BCUT2D eigenvalue weighted by Crippen LogP contribution is -2.44. The molecular formula is C18H24N4O2. The summed E-state index contributed by atoms with van der Waals surface area (Å²) in [4.78, 5) is 18.8. The van der Waals surface area contributed by atoms with E-state index in [0.717, 1.165) is 30.5 Å². The van der Waals surface area contributed by atoms with E-state index in [0.29, 0.717) is 18.3 Å². The highest BCUT2D eigenvalue weighted by atomic mass is 16.5. The minimum absolute atomic E-state index is 0.00548. The molecule has 24 heavy (non-hydrogen) atoms. The van der Waals surface area contributed by atoms with Crippen LogP contribution in [0.15, 0.2) is 28.8 Å². The average Bonchev–Trinajstić information content (AvgIpc) is 2.90. The molecule has 0 bridgehead atoms. The Hall–Kier alpha value is -2.21. The van der Waals surface area contributed by atoms with E-state index in [-0.39, 0.29) is 11.9 Å². The minimum Gasteiger partial charge on any atom is -0.351 e. The van der Waals surface area contributed by atoms with Crippen molar-refractivity contribution >= 4 is 5.91 Å². The molecule has 1 saturated heterocycles. The van der Waals surface area contributed by atoms with Crippen molar-refractivity contribution in [2.75, 3.05) is 13.6 Å². The second-order valence-corrected chi connectivity index (χ2v) is 6.40. The van der Waals surface area contributed by atoms with Crippen molar-refractivity contribution in [2.24, 2.45) is 0 Å². The smallest absolute Gasteiger partial charge is 0.237 e. The summed E-state index contributed by atoms with van der Waals surface area (Å²) in [7, 11) is 2.04. The molecular weight excluding hydrogens is 304 g/mol. The number of rotatable bonds is 4. The number of nitrogens with zero attached hydrogens (tertiary/aromatic N) is 3. The van der Waals surface area contributed by atoms with E-state index >= 15 is 0 Å². The SMILES string of the molecule is Cc1nc(-c2ccc(CNC(=O)[C@H]3CCCCCN3C)cc2)no1. The molecule has 2 heterocycles.